The molecule has 3 aromatic heterocycles. The van der Waals surface area contributed by atoms with Crippen LogP contribution in [0.4, 0.5) is 10.2 Å². The summed E-state index contributed by atoms with van der Waals surface area (Å²) in [6, 6.07) is 6.37. The van der Waals surface area contributed by atoms with Gasteiger partial charge in [-0.2, -0.15) is 26.8 Å². The summed E-state index contributed by atoms with van der Waals surface area (Å²) >= 11 is 5.94. The third-order valence-corrected chi connectivity index (χ3v) is 9.04. The van der Waals surface area contributed by atoms with Gasteiger partial charge in [-0.3, -0.25) is 4.68 Å². The van der Waals surface area contributed by atoms with Crippen LogP contribution in [0.1, 0.15) is 25.8 Å². The van der Waals surface area contributed by atoms with E-state index in [0.717, 1.165) is 5.56 Å². The topological polar surface area (TPSA) is 141 Å². The lowest BCUT2D eigenvalue weighted by Crippen LogP contribution is -2.45. The predicted octanol–water partition coefficient (Wildman–Crippen LogP) is 2.80. The summed E-state index contributed by atoms with van der Waals surface area (Å²) in [7, 11) is -1.86. The molecule has 2 N–H and O–H groups in total. The Labute approximate surface area is 224 Å². The van der Waals surface area contributed by atoms with Crippen LogP contribution >= 0.6 is 11.6 Å². The first-order valence-electron chi connectivity index (χ1n) is 11.9. The van der Waals surface area contributed by atoms with Crippen LogP contribution in [0.2, 0.25) is 5.02 Å². The summed E-state index contributed by atoms with van der Waals surface area (Å²) < 4.78 is 45.9. The monoisotopic (exact) mass is 560 g/mol. The highest BCUT2D eigenvalue weighted by atomic mass is 35.5. The van der Waals surface area contributed by atoms with Crippen LogP contribution in [0.15, 0.2) is 42.9 Å². The molecule has 12 nitrogen and oxygen atoms in total. The summed E-state index contributed by atoms with van der Waals surface area (Å²) in [6.45, 7) is 3.07. The molecule has 4 heterocycles. The molecule has 15 heteroatoms. The minimum absolute atomic E-state index is 0.0569. The number of nitrogens with zero attached hydrogens (tertiary/aromatic N) is 9. The zero-order valence-corrected chi connectivity index (χ0v) is 22.3. The highest BCUT2D eigenvalue weighted by Crippen LogP contribution is 2.32. The molecular weight excluding hydrogens is 535 g/mol. The van der Waals surface area contributed by atoms with Crippen LogP contribution in [-0.4, -0.2) is 78.7 Å². The Bertz CT molecular complexity index is 1570. The van der Waals surface area contributed by atoms with E-state index in [2.05, 4.69) is 25.6 Å². The van der Waals surface area contributed by atoms with E-state index in [9.17, 15) is 12.8 Å². The van der Waals surface area contributed by atoms with E-state index in [0.29, 0.717) is 43.6 Å². The maximum absolute atomic E-state index is 14.7. The van der Waals surface area contributed by atoms with Crippen molar-refractivity contribution in [3.05, 3.63) is 53.7 Å². The number of pyridine rings is 1. The summed E-state index contributed by atoms with van der Waals surface area (Å²) in [6.07, 6.45) is 6.50. The zero-order valence-electron chi connectivity index (χ0n) is 20.7. The van der Waals surface area contributed by atoms with E-state index < -0.39 is 16.0 Å². The fourth-order valence-corrected chi connectivity index (χ4v) is 5.93. The normalized spacial score (nSPS) is 15.4. The average Bonchev–Trinajstić information content (AvgIpc) is 3.61. The Balaban J connectivity index is 1.39. The minimum Gasteiger partial charge on any atom is -0.383 e. The van der Waals surface area contributed by atoms with Gasteiger partial charge in [0.15, 0.2) is 11.6 Å². The second-order valence-electron chi connectivity index (χ2n) is 8.91. The molecule has 0 spiro atoms. The Hall–Kier alpha value is -3.46. The summed E-state index contributed by atoms with van der Waals surface area (Å²) in [4.78, 5) is 4.30. The predicted molar refractivity (Wildman–Crippen MR) is 140 cm³/mol. The fourth-order valence-electron chi connectivity index (χ4n) is 4.37. The number of aromatic nitrogens is 7. The van der Waals surface area contributed by atoms with Gasteiger partial charge in [-0.05, 0) is 41.5 Å². The molecule has 1 aromatic carbocycles. The fraction of sp³-hybridized carbons (Fsp3) is 0.348. The SMILES string of the molecule is CCN(C)S(=O)(=O)N1CCC(n2cc(-c3cnc(N)c(-c4nnnn4-c4cccc(Cl)c4F)c3)cn2)CC1. The first-order chi connectivity index (χ1) is 18.2. The van der Waals surface area contributed by atoms with E-state index in [1.54, 1.807) is 31.6 Å². The lowest BCUT2D eigenvalue weighted by molar-refractivity contribution is 0.249. The van der Waals surface area contributed by atoms with Gasteiger partial charge in [-0.25, -0.2) is 9.37 Å². The first-order valence-corrected chi connectivity index (χ1v) is 13.7. The van der Waals surface area contributed by atoms with Crippen molar-refractivity contribution in [1.29, 1.82) is 0 Å². The lowest BCUT2D eigenvalue weighted by atomic mass is 10.1. The largest absolute Gasteiger partial charge is 0.383 e. The standard InChI is InChI=1S/C23H26ClFN10O2S/c1-3-32(2)38(36,37)33-9-7-17(8-10-33)34-14-16(13-28-34)15-11-18(22(26)27-12-15)23-29-30-31-35(23)20-6-4-5-19(24)21(20)25/h4-6,11-14,17H,3,7-10H2,1-2H3,(H2,26,27). The smallest absolute Gasteiger partial charge is 0.281 e. The molecule has 38 heavy (non-hydrogen) atoms. The van der Waals surface area contributed by atoms with Crippen LogP contribution in [-0.2, 0) is 10.2 Å². The Morgan fingerprint density at radius 3 is 2.71 bits per heavy atom. The molecule has 1 saturated heterocycles. The number of halogens is 2. The number of benzene rings is 1. The van der Waals surface area contributed by atoms with Crippen LogP contribution in [0.5, 0.6) is 0 Å². The molecule has 0 unspecified atom stereocenters. The van der Waals surface area contributed by atoms with Crippen molar-refractivity contribution >= 4 is 27.6 Å². The lowest BCUT2D eigenvalue weighted by Gasteiger charge is -2.33. The zero-order chi connectivity index (χ0) is 27.0. The molecule has 4 aromatic rings. The van der Waals surface area contributed by atoms with Gasteiger partial charge < -0.3 is 5.73 Å². The van der Waals surface area contributed by atoms with Gasteiger partial charge in [0, 0.05) is 50.2 Å². The molecular formula is C23H26ClFN10O2S. The highest BCUT2D eigenvalue weighted by Gasteiger charge is 2.31. The number of nitrogens with two attached hydrogens (primary N) is 1. The molecule has 1 aliphatic rings. The van der Waals surface area contributed by atoms with Crippen LogP contribution in [0.25, 0.3) is 28.2 Å². The van der Waals surface area contributed by atoms with Crippen molar-refractivity contribution in [2.24, 2.45) is 0 Å². The first kappa shape index (κ1) is 26.2. The van der Waals surface area contributed by atoms with Gasteiger partial charge in [0.2, 0.25) is 0 Å². The number of hydrogen-bond donors (Lipinski definition) is 1. The maximum atomic E-state index is 14.7. The van der Waals surface area contributed by atoms with Crippen molar-refractivity contribution < 1.29 is 12.8 Å². The van der Waals surface area contributed by atoms with Crippen molar-refractivity contribution in [3.8, 4) is 28.2 Å². The highest BCUT2D eigenvalue weighted by molar-refractivity contribution is 7.86. The third-order valence-electron chi connectivity index (χ3n) is 6.69. The van der Waals surface area contributed by atoms with Gasteiger partial charge in [-0.1, -0.05) is 24.6 Å². The van der Waals surface area contributed by atoms with Crippen LogP contribution < -0.4 is 5.73 Å². The Morgan fingerprint density at radius 2 is 1.97 bits per heavy atom. The van der Waals surface area contributed by atoms with Gasteiger partial charge >= 0.3 is 0 Å². The maximum Gasteiger partial charge on any atom is 0.281 e. The summed E-state index contributed by atoms with van der Waals surface area (Å²) in [5.41, 5.74) is 8.15. The van der Waals surface area contributed by atoms with E-state index in [4.69, 9.17) is 17.3 Å². The van der Waals surface area contributed by atoms with Crippen LogP contribution in [0.3, 0.4) is 0 Å². The molecule has 5 rings (SSSR count). The second kappa shape index (κ2) is 10.4. The van der Waals surface area contributed by atoms with Gasteiger partial charge in [0.05, 0.1) is 22.8 Å². The molecule has 0 bridgehead atoms. The minimum atomic E-state index is -3.45. The molecule has 0 amide bonds. The van der Waals surface area contributed by atoms with Gasteiger partial charge in [-0.15, -0.1) is 5.10 Å². The van der Waals surface area contributed by atoms with Gasteiger partial charge in [0.25, 0.3) is 10.2 Å². The van der Waals surface area contributed by atoms with Crippen LogP contribution in [0, 0.1) is 5.82 Å². The molecule has 0 saturated carbocycles. The number of piperidine rings is 1. The summed E-state index contributed by atoms with van der Waals surface area (Å²) in [5, 5.41) is 16.1. The Kier molecular flexibility index (Phi) is 7.13. The molecule has 0 atom stereocenters. The molecule has 200 valence electrons. The van der Waals surface area contributed by atoms with E-state index in [1.165, 1.54) is 25.4 Å². The van der Waals surface area contributed by atoms with Crippen molar-refractivity contribution in [2.45, 2.75) is 25.8 Å². The second-order valence-corrected chi connectivity index (χ2v) is 11.3. The van der Waals surface area contributed by atoms with E-state index in [1.807, 2.05) is 17.8 Å². The van der Waals surface area contributed by atoms with E-state index >= 15 is 0 Å². The molecule has 1 fully saturated rings. The van der Waals surface area contributed by atoms with E-state index in [-0.39, 0.29) is 28.4 Å². The Morgan fingerprint density at radius 1 is 1.21 bits per heavy atom. The van der Waals surface area contributed by atoms with Crippen molar-refractivity contribution in [1.82, 2.24) is 43.6 Å². The third kappa shape index (κ3) is 4.75. The molecule has 0 aliphatic carbocycles. The van der Waals surface area contributed by atoms with Crippen molar-refractivity contribution in [3.63, 3.8) is 0 Å². The number of hydrogen-bond acceptors (Lipinski definition) is 8. The number of tetrazole rings is 1. The number of nitrogen functional groups attached to an aromatic ring is 1. The quantitative estimate of drug-likeness (QED) is 0.364. The number of rotatable bonds is 7. The van der Waals surface area contributed by atoms with Crippen molar-refractivity contribution in [2.75, 3.05) is 32.4 Å². The van der Waals surface area contributed by atoms with Gasteiger partial charge in [0.1, 0.15) is 11.5 Å². The summed E-state index contributed by atoms with van der Waals surface area (Å²) in [5.74, 6) is -0.284. The molecule has 1 aliphatic heterocycles. The number of anilines is 1. The average molecular weight is 561 g/mol. The molecule has 0 radical (unpaired) electrons.